The van der Waals surface area contributed by atoms with Gasteiger partial charge in [0.2, 0.25) is 0 Å². The highest BCUT2D eigenvalue weighted by molar-refractivity contribution is 7.15. The lowest BCUT2D eigenvalue weighted by Crippen LogP contribution is -2.17. The topological polar surface area (TPSA) is 81.7 Å². The van der Waals surface area contributed by atoms with Crippen LogP contribution >= 0.6 is 22.7 Å². The molecule has 0 aliphatic heterocycles. The number of carbonyl (C=O) groups excluding carboxylic acids is 3. The van der Waals surface area contributed by atoms with Gasteiger partial charge in [0.05, 0.1) is 24.3 Å². The first-order valence-electron chi connectivity index (χ1n) is 7.72. The molecule has 0 unspecified atom stereocenters. The van der Waals surface area contributed by atoms with Gasteiger partial charge in [0.15, 0.2) is 0 Å². The molecule has 0 aromatic carbocycles. The number of amides is 1. The molecule has 25 heavy (non-hydrogen) atoms. The van der Waals surface area contributed by atoms with Gasteiger partial charge in [-0.05, 0) is 33.3 Å². The van der Waals surface area contributed by atoms with Crippen LogP contribution in [-0.4, -0.2) is 31.1 Å². The molecule has 0 fully saturated rings. The van der Waals surface area contributed by atoms with E-state index >= 15 is 0 Å². The Labute approximate surface area is 153 Å². The molecule has 0 radical (unpaired) electrons. The monoisotopic (exact) mass is 381 g/mol. The molecule has 1 N–H and O–H groups in total. The molecule has 8 heteroatoms. The number of hydrogen-bond acceptors (Lipinski definition) is 7. The van der Waals surface area contributed by atoms with Gasteiger partial charge in [-0.1, -0.05) is 0 Å². The lowest BCUT2D eigenvalue weighted by Gasteiger charge is -2.08. The summed E-state index contributed by atoms with van der Waals surface area (Å²) in [7, 11) is 0. The fraction of sp³-hybridized carbons (Fsp3) is 0.353. The van der Waals surface area contributed by atoms with E-state index in [1.54, 1.807) is 19.2 Å². The summed E-state index contributed by atoms with van der Waals surface area (Å²) in [6, 6.07) is 0. The normalized spacial score (nSPS) is 10.4. The second-order valence-corrected chi connectivity index (χ2v) is 7.04. The molecule has 0 aliphatic carbocycles. The van der Waals surface area contributed by atoms with Crippen LogP contribution in [0.25, 0.3) is 0 Å². The Morgan fingerprint density at radius 3 is 2.12 bits per heavy atom. The Hall–Kier alpha value is -2.19. The molecule has 0 atom stereocenters. The first-order chi connectivity index (χ1) is 11.9. The summed E-state index contributed by atoms with van der Waals surface area (Å²) in [5, 5.41) is 6.25. The minimum absolute atomic E-state index is 0.0308. The van der Waals surface area contributed by atoms with E-state index < -0.39 is 11.9 Å². The summed E-state index contributed by atoms with van der Waals surface area (Å²) >= 11 is 2.57. The summed E-state index contributed by atoms with van der Waals surface area (Å²) in [5.74, 6) is -1.62. The number of nitrogens with one attached hydrogen (secondary N) is 1. The van der Waals surface area contributed by atoms with Crippen LogP contribution in [0.1, 0.15) is 55.4 Å². The van der Waals surface area contributed by atoms with Gasteiger partial charge in [-0.3, -0.25) is 4.79 Å². The van der Waals surface area contributed by atoms with Crippen LogP contribution in [0.2, 0.25) is 0 Å². The second kappa shape index (κ2) is 8.26. The SMILES string of the molecule is CCOC(=O)c1csc(NC(=O)c2csc(C)c2C)c1C(=O)OCC. The maximum atomic E-state index is 12.5. The molecule has 0 aliphatic rings. The molecule has 2 aromatic heterocycles. The molecule has 0 saturated heterocycles. The highest BCUT2D eigenvalue weighted by Gasteiger charge is 2.27. The third kappa shape index (κ3) is 4.08. The zero-order chi connectivity index (χ0) is 18.6. The third-order valence-electron chi connectivity index (χ3n) is 3.52. The van der Waals surface area contributed by atoms with Crippen molar-refractivity contribution in [2.24, 2.45) is 0 Å². The molecule has 0 saturated carbocycles. The smallest absolute Gasteiger partial charge is 0.342 e. The van der Waals surface area contributed by atoms with Gasteiger partial charge in [-0.15, -0.1) is 22.7 Å². The predicted molar refractivity (Wildman–Crippen MR) is 98.0 cm³/mol. The van der Waals surface area contributed by atoms with Crippen molar-refractivity contribution < 1.29 is 23.9 Å². The standard InChI is InChI=1S/C17H19NO5S2/c1-5-22-16(20)12-8-25-15(13(12)17(21)23-6-2)18-14(19)11-7-24-10(4)9(11)3/h7-8H,5-6H2,1-4H3,(H,18,19). The van der Waals surface area contributed by atoms with Crippen molar-refractivity contribution in [2.75, 3.05) is 18.5 Å². The van der Waals surface area contributed by atoms with Crippen LogP contribution in [0.4, 0.5) is 5.00 Å². The molecule has 134 valence electrons. The number of esters is 2. The van der Waals surface area contributed by atoms with E-state index in [1.807, 2.05) is 13.8 Å². The molecule has 0 bridgehead atoms. The maximum absolute atomic E-state index is 12.5. The van der Waals surface area contributed by atoms with Gasteiger partial charge in [0, 0.05) is 15.6 Å². The maximum Gasteiger partial charge on any atom is 0.342 e. The number of anilines is 1. The van der Waals surface area contributed by atoms with Crippen molar-refractivity contribution in [3.8, 4) is 0 Å². The van der Waals surface area contributed by atoms with Crippen LogP contribution in [0.15, 0.2) is 10.8 Å². The van der Waals surface area contributed by atoms with Gasteiger partial charge in [-0.25, -0.2) is 9.59 Å². The second-order valence-electron chi connectivity index (χ2n) is 5.08. The molecular formula is C17H19NO5S2. The summed E-state index contributed by atoms with van der Waals surface area (Å²) in [6.07, 6.45) is 0. The molecule has 1 amide bonds. The predicted octanol–water partition coefficient (Wildman–Crippen LogP) is 4.03. The average molecular weight is 381 g/mol. The molecular weight excluding hydrogens is 362 g/mol. The lowest BCUT2D eigenvalue weighted by atomic mass is 10.1. The number of rotatable bonds is 6. The van der Waals surface area contributed by atoms with Gasteiger partial charge in [-0.2, -0.15) is 0 Å². The Morgan fingerprint density at radius 1 is 0.960 bits per heavy atom. The van der Waals surface area contributed by atoms with Crippen LogP contribution in [0, 0.1) is 13.8 Å². The first kappa shape index (κ1) is 19.1. The fourth-order valence-electron chi connectivity index (χ4n) is 2.12. The molecule has 6 nitrogen and oxygen atoms in total. The van der Waals surface area contributed by atoms with E-state index in [4.69, 9.17) is 9.47 Å². The number of carbonyl (C=O) groups is 3. The summed E-state index contributed by atoms with van der Waals surface area (Å²) in [5.41, 5.74) is 1.56. The van der Waals surface area contributed by atoms with Gasteiger partial charge >= 0.3 is 11.9 Å². The van der Waals surface area contributed by atoms with E-state index in [1.165, 1.54) is 16.7 Å². The van der Waals surface area contributed by atoms with Crippen molar-refractivity contribution in [3.05, 3.63) is 37.9 Å². The first-order valence-corrected chi connectivity index (χ1v) is 9.48. The van der Waals surface area contributed by atoms with Gasteiger partial charge in [0.1, 0.15) is 10.6 Å². The zero-order valence-electron chi connectivity index (χ0n) is 14.4. The average Bonchev–Trinajstić information content (AvgIpc) is 3.12. The fourth-order valence-corrected chi connectivity index (χ4v) is 3.90. The number of ether oxygens (including phenoxy) is 2. The summed E-state index contributed by atoms with van der Waals surface area (Å²) < 4.78 is 9.99. The van der Waals surface area contributed by atoms with Gasteiger partial charge in [0.25, 0.3) is 5.91 Å². The third-order valence-corrected chi connectivity index (χ3v) is 5.43. The van der Waals surface area contributed by atoms with Crippen molar-refractivity contribution in [1.82, 2.24) is 0 Å². The Balaban J connectivity index is 2.36. The quantitative estimate of drug-likeness (QED) is 0.764. The Morgan fingerprint density at radius 2 is 1.56 bits per heavy atom. The number of aryl methyl sites for hydroxylation is 1. The largest absolute Gasteiger partial charge is 0.462 e. The minimum atomic E-state index is -0.666. The summed E-state index contributed by atoms with van der Waals surface area (Å²) in [4.78, 5) is 37.9. The van der Waals surface area contributed by atoms with E-state index in [0.717, 1.165) is 21.8 Å². The molecule has 2 heterocycles. The number of hydrogen-bond donors (Lipinski definition) is 1. The van der Waals surface area contributed by atoms with Crippen LogP contribution < -0.4 is 5.32 Å². The minimum Gasteiger partial charge on any atom is -0.462 e. The zero-order valence-corrected chi connectivity index (χ0v) is 16.1. The summed E-state index contributed by atoms with van der Waals surface area (Å²) in [6.45, 7) is 7.50. The highest BCUT2D eigenvalue weighted by Crippen LogP contribution is 2.31. The van der Waals surface area contributed by atoms with Crippen molar-refractivity contribution in [1.29, 1.82) is 0 Å². The van der Waals surface area contributed by atoms with Crippen molar-refractivity contribution in [3.63, 3.8) is 0 Å². The van der Waals surface area contributed by atoms with E-state index in [-0.39, 0.29) is 35.2 Å². The number of thiophene rings is 2. The van der Waals surface area contributed by atoms with Crippen LogP contribution in [0.3, 0.4) is 0 Å². The molecule has 0 spiro atoms. The highest BCUT2D eigenvalue weighted by atomic mass is 32.1. The molecule has 2 rings (SSSR count). The van der Waals surface area contributed by atoms with Crippen LogP contribution in [-0.2, 0) is 9.47 Å². The van der Waals surface area contributed by atoms with Gasteiger partial charge < -0.3 is 14.8 Å². The van der Waals surface area contributed by atoms with Crippen molar-refractivity contribution in [2.45, 2.75) is 27.7 Å². The molecule has 2 aromatic rings. The van der Waals surface area contributed by atoms with Crippen molar-refractivity contribution >= 4 is 45.5 Å². The van der Waals surface area contributed by atoms with E-state index in [0.29, 0.717) is 5.56 Å². The van der Waals surface area contributed by atoms with Crippen LogP contribution in [0.5, 0.6) is 0 Å². The van der Waals surface area contributed by atoms with E-state index in [9.17, 15) is 14.4 Å². The van der Waals surface area contributed by atoms with E-state index in [2.05, 4.69) is 5.32 Å². The lowest BCUT2D eigenvalue weighted by molar-refractivity contribution is 0.0481. The Kier molecular flexibility index (Phi) is 6.33. The Bertz CT molecular complexity index is 806.